The van der Waals surface area contributed by atoms with Gasteiger partial charge in [0, 0.05) is 48.0 Å². The molecule has 0 N–H and O–H groups in total. The van der Waals surface area contributed by atoms with Crippen LogP contribution in [0.25, 0.3) is 10.9 Å². The van der Waals surface area contributed by atoms with Gasteiger partial charge in [-0.1, -0.05) is 48.8 Å². The van der Waals surface area contributed by atoms with Gasteiger partial charge in [0.2, 0.25) is 0 Å². The fraction of sp³-hybridized carbons (Fsp3) is 0.105. The van der Waals surface area contributed by atoms with Crippen molar-refractivity contribution < 1.29 is 35.4 Å². The topological polar surface area (TPSA) is 191 Å². The molecule has 0 saturated heterocycles. The summed E-state index contributed by atoms with van der Waals surface area (Å²) >= 11 is 0. The Labute approximate surface area is 327 Å². The Hall–Kier alpha value is -7.13. The normalized spacial score (nSPS) is 11.2. The molecule has 0 atom stereocenters. The van der Waals surface area contributed by atoms with Gasteiger partial charge in [-0.05, 0) is 60.2 Å². The van der Waals surface area contributed by atoms with Crippen molar-refractivity contribution in [2.45, 2.75) is 0 Å². The number of rotatable bonds is 12. The number of aromatic nitrogens is 4. The number of hydrogen-bond donors (Lipinski definition) is 0. The fourth-order valence-corrected chi connectivity index (χ4v) is 4.24. The summed E-state index contributed by atoms with van der Waals surface area (Å²) in [5, 5.41) is 25.4. The summed E-state index contributed by atoms with van der Waals surface area (Å²) in [5.74, 6) is 3.92. The van der Waals surface area contributed by atoms with E-state index in [4.69, 9.17) is 18.9 Å². The Balaban J connectivity index is 0.000000240. The summed E-state index contributed by atoms with van der Waals surface area (Å²) < 4.78 is 21.1. The van der Waals surface area contributed by atoms with Crippen LogP contribution in [0.2, 0.25) is 0 Å². The molecule has 4 heterocycles. The Morgan fingerprint density at radius 1 is 0.509 bits per heavy atom. The molecule has 4 aromatic heterocycles. The number of ether oxygens (including phenoxy) is 4. The van der Waals surface area contributed by atoms with E-state index in [1.807, 2.05) is 24.3 Å². The number of nitrogens with zero attached hydrogens (tertiary/aromatic N) is 12. The number of methoxy groups -OCH3 is 4. The van der Waals surface area contributed by atoms with Crippen molar-refractivity contribution in [2.24, 2.45) is 30.7 Å². The average molecular weight is 781 g/mol. The molecule has 0 aliphatic heterocycles. The molecule has 6 rings (SSSR count). The van der Waals surface area contributed by atoms with Gasteiger partial charge in [-0.15, -0.1) is 20.5 Å². The van der Waals surface area contributed by atoms with Crippen LogP contribution in [0.5, 0.6) is 23.0 Å². The van der Waals surface area contributed by atoms with Gasteiger partial charge in [-0.3, -0.25) is 9.97 Å². The SMILES string of the molecule is COc1ccc(OC)c(N=N/C(=N/[N-]c2ccccn2)c2cccnc2)c1.COc1ccc(OC)c(N=N/C(=N/[N-]c2ccccn2)c2cccnc2)c1.[Ni+2]. The van der Waals surface area contributed by atoms with Crippen LogP contribution in [0, 0.1) is 0 Å². The third-order valence-electron chi connectivity index (χ3n) is 6.91. The minimum absolute atomic E-state index is 0. The molecule has 6 aromatic rings. The van der Waals surface area contributed by atoms with Gasteiger partial charge < -0.3 is 39.8 Å². The van der Waals surface area contributed by atoms with Crippen LogP contribution >= 0.6 is 0 Å². The van der Waals surface area contributed by atoms with Crippen molar-refractivity contribution in [3.8, 4) is 23.0 Å². The minimum atomic E-state index is 0. The largest absolute Gasteiger partial charge is 2.00 e. The van der Waals surface area contributed by atoms with Crippen molar-refractivity contribution in [2.75, 3.05) is 28.4 Å². The molecule has 0 saturated carbocycles. The Morgan fingerprint density at radius 2 is 0.964 bits per heavy atom. The molecule has 0 fully saturated rings. The Kier molecular flexibility index (Phi) is 16.3. The van der Waals surface area contributed by atoms with Crippen LogP contribution in [0.1, 0.15) is 11.1 Å². The number of amidine groups is 2. The van der Waals surface area contributed by atoms with Gasteiger partial charge in [0.05, 0.1) is 28.4 Å². The Bertz CT molecular complexity index is 2020. The second-order valence-electron chi connectivity index (χ2n) is 10.4. The van der Waals surface area contributed by atoms with Crippen molar-refractivity contribution in [3.63, 3.8) is 0 Å². The zero-order valence-corrected chi connectivity index (χ0v) is 31.0. The third-order valence-corrected chi connectivity index (χ3v) is 6.91. The van der Waals surface area contributed by atoms with Crippen molar-refractivity contribution in [1.82, 2.24) is 19.9 Å². The van der Waals surface area contributed by atoms with Crippen LogP contribution in [-0.2, 0) is 16.5 Å². The first kappa shape index (κ1) is 40.6. The third kappa shape index (κ3) is 12.5. The summed E-state index contributed by atoms with van der Waals surface area (Å²) in [4.78, 5) is 16.4. The molecule has 0 bridgehead atoms. The van der Waals surface area contributed by atoms with E-state index in [1.165, 1.54) is 0 Å². The molecule has 0 aliphatic rings. The second kappa shape index (κ2) is 22.1. The van der Waals surface area contributed by atoms with Crippen molar-refractivity contribution >= 4 is 34.7 Å². The molecule has 2 aromatic carbocycles. The molecular formula is C38H34N12NiO4. The van der Waals surface area contributed by atoms with E-state index >= 15 is 0 Å². The molecule has 0 amide bonds. The quantitative estimate of drug-likeness (QED) is 0.0386. The van der Waals surface area contributed by atoms with Crippen LogP contribution < -0.4 is 18.9 Å². The smallest absolute Gasteiger partial charge is 0.497 e. The monoisotopic (exact) mass is 780 g/mol. The first-order valence-corrected chi connectivity index (χ1v) is 16.1. The van der Waals surface area contributed by atoms with Crippen molar-refractivity contribution in [3.05, 3.63) is 156 Å². The van der Waals surface area contributed by atoms with E-state index in [0.717, 1.165) is 0 Å². The first-order chi connectivity index (χ1) is 26.6. The summed E-state index contributed by atoms with van der Waals surface area (Å²) in [7, 11) is 6.29. The van der Waals surface area contributed by atoms with Gasteiger partial charge in [0.15, 0.2) is 11.7 Å². The maximum atomic E-state index is 5.32. The molecule has 0 spiro atoms. The standard InChI is InChI=1S/2C19H17N6O2.Ni/c2*1-26-15-8-9-17(27-2)16(12-15)22-24-19(14-6-5-10-20-13-14)25-23-18-7-3-4-11-21-18;/h2*3-13H,1-2H3;/q2*-1;+2/b2*24-22?,25-19+;. The van der Waals surface area contributed by atoms with Crippen LogP contribution in [-0.4, -0.2) is 60.0 Å². The van der Waals surface area contributed by atoms with Gasteiger partial charge in [-0.25, -0.2) is 10.2 Å². The predicted molar refractivity (Wildman–Crippen MR) is 204 cm³/mol. The Morgan fingerprint density at radius 3 is 1.31 bits per heavy atom. The van der Waals surface area contributed by atoms with Gasteiger partial charge >= 0.3 is 16.5 Å². The average Bonchev–Trinajstić information content (AvgIpc) is 3.25. The molecule has 0 radical (unpaired) electrons. The van der Waals surface area contributed by atoms with E-state index in [2.05, 4.69) is 61.4 Å². The molecule has 55 heavy (non-hydrogen) atoms. The number of pyridine rings is 4. The predicted octanol–water partition coefficient (Wildman–Crippen LogP) is 9.29. The molecule has 16 nitrogen and oxygen atoms in total. The number of benzene rings is 2. The van der Waals surface area contributed by atoms with E-state index in [-0.39, 0.29) is 16.5 Å². The maximum absolute atomic E-state index is 5.32. The number of hydrogen-bond acceptors (Lipinski definition) is 12. The number of azo groups is 2. The zero-order chi connectivity index (χ0) is 37.8. The van der Waals surface area contributed by atoms with Gasteiger partial charge in [-0.2, -0.15) is 0 Å². The molecule has 0 aliphatic carbocycles. The van der Waals surface area contributed by atoms with Gasteiger partial charge in [0.1, 0.15) is 34.4 Å². The summed E-state index contributed by atoms with van der Waals surface area (Å²) in [6.07, 6.45) is 9.88. The van der Waals surface area contributed by atoms with E-state index in [9.17, 15) is 0 Å². The fourth-order valence-electron chi connectivity index (χ4n) is 4.24. The molecular weight excluding hydrogens is 747 g/mol. The maximum Gasteiger partial charge on any atom is 2.00 e. The summed E-state index contributed by atoms with van der Waals surface area (Å²) in [5.41, 5.74) is 10.6. The minimum Gasteiger partial charge on any atom is -0.497 e. The van der Waals surface area contributed by atoms with Gasteiger partial charge in [0.25, 0.3) is 0 Å². The van der Waals surface area contributed by atoms with E-state index < -0.39 is 0 Å². The summed E-state index contributed by atoms with van der Waals surface area (Å²) in [6, 6.07) is 28.5. The van der Waals surface area contributed by atoms with E-state index in [0.29, 0.717) is 68.8 Å². The first-order valence-electron chi connectivity index (χ1n) is 16.1. The van der Waals surface area contributed by atoms with Crippen LogP contribution in [0.4, 0.5) is 23.0 Å². The molecule has 17 heteroatoms. The van der Waals surface area contributed by atoms with E-state index in [1.54, 1.807) is 138 Å². The zero-order valence-electron chi connectivity index (χ0n) is 30.0. The van der Waals surface area contributed by atoms with Crippen LogP contribution in [0.15, 0.2) is 165 Å². The van der Waals surface area contributed by atoms with Crippen molar-refractivity contribution in [1.29, 1.82) is 0 Å². The molecule has 280 valence electrons. The van der Waals surface area contributed by atoms with Crippen LogP contribution in [0.3, 0.4) is 0 Å². The molecule has 0 unspecified atom stereocenters. The summed E-state index contributed by atoms with van der Waals surface area (Å²) in [6.45, 7) is 0. The second-order valence-corrected chi connectivity index (χ2v) is 10.4.